The van der Waals surface area contributed by atoms with Gasteiger partial charge in [0.05, 0.1) is 17.2 Å². The molecule has 4 rings (SSSR count). The lowest BCUT2D eigenvalue weighted by Gasteiger charge is -2.33. The number of pyridine rings is 1. The van der Waals surface area contributed by atoms with Gasteiger partial charge < -0.3 is 15.5 Å². The van der Waals surface area contributed by atoms with Crippen LogP contribution in [-0.2, 0) is 4.79 Å². The molecule has 34 heavy (non-hydrogen) atoms. The van der Waals surface area contributed by atoms with Crippen LogP contribution in [0, 0.1) is 12.8 Å². The molecule has 1 saturated heterocycles. The molecule has 1 aliphatic rings. The Morgan fingerprint density at radius 1 is 0.971 bits per heavy atom. The summed E-state index contributed by atoms with van der Waals surface area (Å²) in [5.41, 5.74) is 4.90. The van der Waals surface area contributed by atoms with E-state index in [0.29, 0.717) is 16.9 Å². The van der Waals surface area contributed by atoms with Crippen LogP contribution in [0.3, 0.4) is 0 Å². The molecular formula is C28H32N4O2. The third-order valence-electron chi connectivity index (χ3n) is 6.46. The van der Waals surface area contributed by atoms with Crippen LogP contribution in [0.15, 0.2) is 66.9 Å². The number of amides is 2. The predicted octanol–water partition coefficient (Wildman–Crippen LogP) is 5.62. The van der Waals surface area contributed by atoms with Crippen LogP contribution in [0.2, 0.25) is 0 Å². The largest absolute Gasteiger partial charge is 0.371 e. The van der Waals surface area contributed by atoms with E-state index in [1.165, 1.54) is 0 Å². The lowest BCUT2D eigenvalue weighted by molar-refractivity contribution is -0.117. The fraction of sp³-hybridized carbons (Fsp3) is 0.321. The van der Waals surface area contributed by atoms with Gasteiger partial charge in [-0.2, -0.15) is 0 Å². The van der Waals surface area contributed by atoms with Gasteiger partial charge in [0.2, 0.25) is 5.91 Å². The zero-order valence-corrected chi connectivity index (χ0v) is 20.0. The maximum atomic E-state index is 13.1. The van der Waals surface area contributed by atoms with E-state index in [9.17, 15) is 9.59 Å². The van der Waals surface area contributed by atoms with Crippen molar-refractivity contribution in [2.75, 3.05) is 28.6 Å². The van der Waals surface area contributed by atoms with Crippen molar-refractivity contribution in [3.05, 3.63) is 83.7 Å². The fourth-order valence-electron chi connectivity index (χ4n) is 4.20. The number of rotatable bonds is 6. The first-order chi connectivity index (χ1) is 16.4. The highest BCUT2D eigenvalue weighted by atomic mass is 16.2. The van der Waals surface area contributed by atoms with Gasteiger partial charge in [0, 0.05) is 36.3 Å². The van der Waals surface area contributed by atoms with Crippen molar-refractivity contribution in [3.8, 4) is 0 Å². The van der Waals surface area contributed by atoms with Gasteiger partial charge >= 0.3 is 0 Å². The molecule has 2 amide bonds. The monoisotopic (exact) mass is 456 g/mol. The van der Waals surface area contributed by atoms with Crippen molar-refractivity contribution in [2.45, 2.75) is 39.5 Å². The highest BCUT2D eigenvalue weighted by molar-refractivity contribution is 6.08. The smallest absolute Gasteiger partial charge is 0.257 e. The minimum Gasteiger partial charge on any atom is -0.371 e. The molecule has 0 spiro atoms. The molecule has 2 N–H and O–H groups in total. The Hall–Kier alpha value is -3.67. The van der Waals surface area contributed by atoms with E-state index in [1.807, 2.05) is 37.3 Å². The molecule has 1 atom stereocenters. The van der Waals surface area contributed by atoms with Crippen LogP contribution in [-0.4, -0.2) is 29.9 Å². The van der Waals surface area contributed by atoms with E-state index >= 15 is 0 Å². The molecule has 2 aromatic carbocycles. The summed E-state index contributed by atoms with van der Waals surface area (Å²) in [5, 5.41) is 5.92. The average molecular weight is 457 g/mol. The van der Waals surface area contributed by atoms with E-state index < -0.39 is 0 Å². The fourth-order valence-corrected chi connectivity index (χ4v) is 4.20. The zero-order chi connectivity index (χ0) is 24.1. The Morgan fingerprint density at radius 3 is 2.29 bits per heavy atom. The first-order valence-corrected chi connectivity index (χ1v) is 11.9. The highest BCUT2D eigenvalue weighted by Gasteiger charge is 2.21. The van der Waals surface area contributed by atoms with Crippen molar-refractivity contribution in [2.24, 2.45) is 5.92 Å². The number of benzene rings is 2. The minimum absolute atomic E-state index is 0.129. The van der Waals surface area contributed by atoms with Crippen molar-refractivity contribution in [1.29, 1.82) is 0 Å². The summed E-state index contributed by atoms with van der Waals surface area (Å²) in [6, 6.07) is 18.7. The standard InChI is InChI=1S/C28H32N4O2/c1-19-13-16-32(17-14-19)26-18-20(2)7-12-24(26)28(34)31-23-10-8-22(9-11-23)30-27(33)21(3)25-6-4-5-15-29-25/h4-12,15,18-19,21H,13-14,16-17H2,1-3H3,(H,30,33)(H,31,34). The number of anilines is 3. The lowest BCUT2D eigenvalue weighted by Crippen LogP contribution is -2.34. The molecule has 1 aromatic heterocycles. The molecule has 6 heteroatoms. The Bertz CT molecular complexity index is 1140. The summed E-state index contributed by atoms with van der Waals surface area (Å²) in [7, 11) is 0. The highest BCUT2D eigenvalue weighted by Crippen LogP contribution is 2.28. The van der Waals surface area contributed by atoms with E-state index in [1.54, 1.807) is 30.5 Å². The number of hydrogen-bond donors (Lipinski definition) is 2. The number of piperidine rings is 1. The number of nitrogens with one attached hydrogen (secondary N) is 2. The van der Waals surface area contributed by atoms with Crippen molar-refractivity contribution in [1.82, 2.24) is 4.98 Å². The molecule has 176 valence electrons. The Labute approximate surface area is 201 Å². The Kier molecular flexibility index (Phi) is 7.26. The summed E-state index contributed by atoms with van der Waals surface area (Å²) in [5.74, 6) is 0.104. The second-order valence-electron chi connectivity index (χ2n) is 9.19. The van der Waals surface area contributed by atoms with Crippen LogP contribution in [0.5, 0.6) is 0 Å². The maximum Gasteiger partial charge on any atom is 0.257 e. The summed E-state index contributed by atoms with van der Waals surface area (Å²) >= 11 is 0. The number of aromatic nitrogens is 1. The van der Waals surface area contributed by atoms with Crippen LogP contribution in [0.1, 0.15) is 54.2 Å². The molecule has 0 saturated carbocycles. The quantitative estimate of drug-likeness (QED) is 0.505. The number of hydrogen-bond acceptors (Lipinski definition) is 4. The number of carbonyl (C=O) groups excluding carboxylic acids is 2. The molecule has 2 heterocycles. The summed E-state index contributed by atoms with van der Waals surface area (Å²) in [4.78, 5) is 32.3. The number of aryl methyl sites for hydroxylation is 1. The van der Waals surface area contributed by atoms with Gasteiger partial charge in [-0.25, -0.2) is 0 Å². The Balaban J connectivity index is 1.42. The third-order valence-corrected chi connectivity index (χ3v) is 6.46. The van der Waals surface area contributed by atoms with E-state index in [-0.39, 0.29) is 17.7 Å². The lowest BCUT2D eigenvalue weighted by atomic mass is 9.97. The van der Waals surface area contributed by atoms with E-state index in [0.717, 1.165) is 48.8 Å². The summed E-state index contributed by atoms with van der Waals surface area (Å²) in [6.07, 6.45) is 3.96. The molecule has 1 aliphatic heterocycles. The van der Waals surface area contributed by atoms with Gasteiger partial charge in [0.1, 0.15) is 0 Å². The minimum atomic E-state index is -0.363. The summed E-state index contributed by atoms with van der Waals surface area (Å²) in [6.45, 7) is 8.10. The Morgan fingerprint density at radius 2 is 1.65 bits per heavy atom. The predicted molar refractivity (Wildman–Crippen MR) is 137 cm³/mol. The second-order valence-corrected chi connectivity index (χ2v) is 9.19. The van der Waals surface area contributed by atoms with Crippen LogP contribution in [0.25, 0.3) is 0 Å². The van der Waals surface area contributed by atoms with Gasteiger partial charge in [0.25, 0.3) is 5.91 Å². The van der Waals surface area contributed by atoms with Crippen LogP contribution in [0.4, 0.5) is 17.1 Å². The van der Waals surface area contributed by atoms with Gasteiger partial charge in [-0.3, -0.25) is 14.6 Å². The average Bonchev–Trinajstić information content (AvgIpc) is 2.85. The maximum absolute atomic E-state index is 13.1. The normalized spacial score (nSPS) is 15.0. The first-order valence-electron chi connectivity index (χ1n) is 11.9. The van der Waals surface area contributed by atoms with Gasteiger partial charge in [0.15, 0.2) is 0 Å². The van der Waals surface area contributed by atoms with Crippen molar-refractivity contribution in [3.63, 3.8) is 0 Å². The van der Waals surface area contributed by atoms with E-state index in [4.69, 9.17) is 0 Å². The summed E-state index contributed by atoms with van der Waals surface area (Å²) < 4.78 is 0. The molecule has 0 bridgehead atoms. The molecule has 3 aromatic rings. The number of carbonyl (C=O) groups is 2. The second kappa shape index (κ2) is 10.5. The third kappa shape index (κ3) is 5.63. The molecular weight excluding hydrogens is 424 g/mol. The number of nitrogens with zero attached hydrogens (tertiary/aromatic N) is 2. The molecule has 6 nitrogen and oxygen atoms in total. The van der Waals surface area contributed by atoms with Crippen LogP contribution < -0.4 is 15.5 Å². The van der Waals surface area contributed by atoms with Crippen molar-refractivity contribution >= 4 is 28.9 Å². The first kappa shape index (κ1) is 23.5. The molecule has 0 aliphatic carbocycles. The van der Waals surface area contributed by atoms with Gasteiger partial charge in [-0.05, 0) is 86.7 Å². The zero-order valence-electron chi connectivity index (χ0n) is 20.0. The topological polar surface area (TPSA) is 74.3 Å². The van der Waals surface area contributed by atoms with Crippen LogP contribution >= 0.6 is 0 Å². The van der Waals surface area contributed by atoms with Gasteiger partial charge in [-0.15, -0.1) is 0 Å². The molecule has 0 radical (unpaired) electrons. The molecule has 1 fully saturated rings. The van der Waals surface area contributed by atoms with Gasteiger partial charge in [-0.1, -0.05) is 19.1 Å². The van der Waals surface area contributed by atoms with E-state index in [2.05, 4.69) is 40.4 Å². The SMILES string of the molecule is Cc1ccc(C(=O)Nc2ccc(NC(=O)C(C)c3ccccn3)cc2)c(N2CCC(C)CC2)c1. The van der Waals surface area contributed by atoms with Crippen molar-refractivity contribution < 1.29 is 9.59 Å². The molecule has 1 unspecified atom stereocenters.